The van der Waals surface area contributed by atoms with Crippen LogP contribution in [0.3, 0.4) is 0 Å². The van der Waals surface area contributed by atoms with Crippen LogP contribution in [-0.2, 0) is 0 Å². The molecule has 3 heteroatoms. The van der Waals surface area contributed by atoms with Gasteiger partial charge in [-0.2, -0.15) is 0 Å². The molecule has 0 amide bonds. The first-order valence-corrected chi connectivity index (χ1v) is 4.65. The summed E-state index contributed by atoms with van der Waals surface area (Å²) in [6.45, 7) is 1.93. The van der Waals surface area contributed by atoms with E-state index in [1.807, 2.05) is 6.92 Å². The molecule has 0 spiro atoms. The highest BCUT2D eigenvalue weighted by Crippen LogP contribution is 2.28. The van der Waals surface area contributed by atoms with Crippen molar-refractivity contribution in [3.05, 3.63) is 35.4 Å². The van der Waals surface area contributed by atoms with Crippen molar-refractivity contribution in [1.29, 1.82) is 0 Å². The summed E-state index contributed by atoms with van der Waals surface area (Å²) in [6, 6.07) is 3.63. The zero-order valence-electron chi connectivity index (χ0n) is 6.65. The Morgan fingerprint density at radius 2 is 2.08 bits per heavy atom. The first-order valence-electron chi connectivity index (χ1n) is 3.74. The van der Waals surface area contributed by atoms with E-state index in [0.717, 1.165) is 12.5 Å². The molecule has 0 aliphatic carbocycles. The molecular weight excluding hydrogens is 226 g/mol. The average Bonchev–Trinajstić information content (AvgIpc) is 2.03. The van der Waals surface area contributed by atoms with Crippen LogP contribution in [0.4, 0.5) is 8.78 Å². The molecule has 1 aromatic rings. The van der Waals surface area contributed by atoms with Gasteiger partial charge in [0.05, 0.1) is 0 Å². The highest BCUT2D eigenvalue weighted by atomic mass is 79.9. The minimum Gasteiger partial charge on any atom is -0.207 e. The van der Waals surface area contributed by atoms with Crippen molar-refractivity contribution in [1.82, 2.24) is 0 Å². The lowest BCUT2D eigenvalue weighted by molar-refractivity contribution is 0.570. The lowest BCUT2D eigenvalue weighted by Crippen LogP contribution is -1.93. The Hall–Kier alpha value is -0.440. The molecule has 0 saturated heterocycles. The molecule has 0 radical (unpaired) electrons. The van der Waals surface area contributed by atoms with Crippen molar-refractivity contribution in [2.24, 2.45) is 0 Å². The Kier molecular flexibility index (Phi) is 3.20. The van der Waals surface area contributed by atoms with Gasteiger partial charge in [0.15, 0.2) is 0 Å². The monoisotopic (exact) mass is 234 g/mol. The molecule has 12 heavy (non-hydrogen) atoms. The zero-order valence-corrected chi connectivity index (χ0v) is 8.24. The fraction of sp³-hybridized carbons (Fsp3) is 0.333. The second-order valence-corrected chi connectivity index (χ2v) is 3.65. The topological polar surface area (TPSA) is 0 Å². The summed E-state index contributed by atoms with van der Waals surface area (Å²) in [5.41, 5.74) is 0.513. The van der Waals surface area contributed by atoms with Crippen molar-refractivity contribution in [2.75, 3.05) is 0 Å². The third-order valence-electron chi connectivity index (χ3n) is 1.66. The maximum Gasteiger partial charge on any atom is 0.130 e. The third-order valence-corrected chi connectivity index (χ3v) is 2.80. The maximum atomic E-state index is 13.0. The van der Waals surface area contributed by atoms with Crippen LogP contribution < -0.4 is 0 Å². The molecule has 0 aliphatic heterocycles. The SMILES string of the molecule is CC[C@@H](Br)c1ccc(F)cc1F. The van der Waals surface area contributed by atoms with Crippen LogP contribution in [0.15, 0.2) is 18.2 Å². The predicted octanol–water partition coefficient (Wildman–Crippen LogP) is 3.81. The summed E-state index contributed by atoms with van der Waals surface area (Å²) in [7, 11) is 0. The molecule has 0 bridgehead atoms. The minimum absolute atomic E-state index is 0.0295. The van der Waals surface area contributed by atoms with Crippen molar-refractivity contribution < 1.29 is 8.78 Å². The molecule has 0 saturated carbocycles. The van der Waals surface area contributed by atoms with E-state index in [0.29, 0.717) is 5.56 Å². The highest BCUT2D eigenvalue weighted by molar-refractivity contribution is 9.09. The Labute approximate surface area is 78.7 Å². The summed E-state index contributed by atoms with van der Waals surface area (Å²) in [6.07, 6.45) is 0.780. The van der Waals surface area contributed by atoms with Crippen LogP contribution in [-0.4, -0.2) is 0 Å². The molecule has 66 valence electrons. The lowest BCUT2D eigenvalue weighted by atomic mass is 10.1. The van der Waals surface area contributed by atoms with Gasteiger partial charge >= 0.3 is 0 Å². The summed E-state index contributed by atoms with van der Waals surface area (Å²) in [5.74, 6) is -1.02. The summed E-state index contributed by atoms with van der Waals surface area (Å²) >= 11 is 3.30. The highest BCUT2D eigenvalue weighted by Gasteiger charge is 2.10. The molecule has 0 nitrogen and oxygen atoms in total. The number of hydrogen-bond donors (Lipinski definition) is 0. The summed E-state index contributed by atoms with van der Waals surface area (Å²) in [4.78, 5) is -0.0295. The predicted molar refractivity (Wildman–Crippen MR) is 48.3 cm³/mol. The second-order valence-electron chi connectivity index (χ2n) is 2.54. The Bertz CT molecular complexity index is 273. The molecule has 0 unspecified atom stereocenters. The number of rotatable bonds is 2. The maximum absolute atomic E-state index is 13.0. The van der Waals surface area contributed by atoms with Gasteiger partial charge in [-0.25, -0.2) is 8.78 Å². The molecule has 1 aromatic carbocycles. The van der Waals surface area contributed by atoms with E-state index in [4.69, 9.17) is 0 Å². The quantitative estimate of drug-likeness (QED) is 0.683. The van der Waals surface area contributed by atoms with E-state index in [2.05, 4.69) is 15.9 Å². The fourth-order valence-electron chi connectivity index (χ4n) is 0.975. The van der Waals surface area contributed by atoms with Gasteiger partial charge < -0.3 is 0 Å². The van der Waals surface area contributed by atoms with E-state index >= 15 is 0 Å². The van der Waals surface area contributed by atoms with Crippen LogP contribution in [0, 0.1) is 11.6 Å². The van der Waals surface area contributed by atoms with Crippen LogP contribution in [0.2, 0.25) is 0 Å². The molecule has 0 aromatic heterocycles. The standard InChI is InChI=1S/C9H9BrF2/c1-2-8(10)7-4-3-6(11)5-9(7)12/h3-5,8H,2H2,1H3/t8-/m1/s1. The van der Waals surface area contributed by atoms with Gasteiger partial charge in [0, 0.05) is 16.5 Å². The van der Waals surface area contributed by atoms with Gasteiger partial charge in [0.1, 0.15) is 11.6 Å². The zero-order chi connectivity index (χ0) is 9.14. The first-order chi connectivity index (χ1) is 5.65. The van der Waals surface area contributed by atoms with Gasteiger partial charge in [0.2, 0.25) is 0 Å². The molecule has 1 rings (SSSR count). The van der Waals surface area contributed by atoms with Crippen LogP contribution >= 0.6 is 15.9 Å². The molecular formula is C9H9BrF2. The average molecular weight is 235 g/mol. The van der Waals surface area contributed by atoms with Gasteiger partial charge in [-0.15, -0.1) is 0 Å². The normalized spacial score (nSPS) is 13.0. The summed E-state index contributed by atoms with van der Waals surface area (Å²) < 4.78 is 25.5. The fourth-order valence-corrected chi connectivity index (χ4v) is 1.35. The summed E-state index contributed by atoms with van der Waals surface area (Å²) in [5, 5.41) is 0. The number of alkyl halides is 1. The van der Waals surface area contributed by atoms with Crippen LogP contribution in [0.25, 0.3) is 0 Å². The Morgan fingerprint density at radius 3 is 2.58 bits per heavy atom. The molecule has 0 aliphatic rings. The number of benzene rings is 1. The van der Waals surface area contributed by atoms with E-state index in [1.165, 1.54) is 12.1 Å². The second kappa shape index (κ2) is 3.99. The van der Waals surface area contributed by atoms with Gasteiger partial charge in [0.25, 0.3) is 0 Å². The van der Waals surface area contributed by atoms with Crippen LogP contribution in [0.1, 0.15) is 23.7 Å². The van der Waals surface area contributed by atoms with Crippen molar-refractivity contribution in [3.63, 3.8) is 0 Å². The van der Waals surface area contributed by atoms with E-state index < -0.39 is 11.6 Å². The van der Waals surface area contributed by atoms with Crippen molar-refractivity contribution >= 4 is 15.9 Å². The minimum atomic E-state index is -0.535. The van der Waals surface area contributed by atoms with Crippen molar-refractivity contribution in [2.45, 2.75) is 18.2 Å². The molecule has 0 N–H and O–H groups in total. The van der Waals surface area contributed by atoms with Crippen molar-refractivity contribution in [3.8, 4) is 0 Å². The molecule has 0 fully saturated rings. The largest absolute Gasteiger partial charge is 0.207 e. The lowest BCUT2D eigenvalue weighted by Gasteiger charge is -2.07. The number of hydrogen-bond acceptors (Lipinski definition) is 0. The Balaban J connectivity index is 3.01. The van der Waals surface area contributed by atoms with E-state index in [-0.39, 0.29) is 4.83 Å². The molecule has 0 heterocycles. The molecule has 1 atom stereocenters. The smallest absolute Gasteiger partial charge is 0.130 e. The van der Waals surface area contributed by atoms with Crippen LogP contribution in [0.5, 0.6) is 0 Å². The van der Waals surface area contributed by atoms with E-state index in [1.54, 1.807) is 0 Å². The Morgan fingerprint density at radius 1 is 1.42 bits per heavy atom. The van der Waals surface area contributed by atoms with Gasteiger partial charge in [-0.1, -0.05) is 28.9 Å². The van der Waals surface area contributed by atoms with Gasteiger partial charge in [-0.05, 0) is 12.5 Å². The van der Waals surface area contributed by atoms with E-state index in [9.17, 15) is 8.78 Å². The third kappa shape index (κ3) is 2.03. The number of halogens is 3. The first kappa shape index (κ1) is 9.65. The van der Waals surface area contributed by atoms with Gasteiger partial charge in [-0.3, -0.25) is 0 Å².